The minimum atomic E-state index is -3.23. The van der Waals surface area contributed by atoms with Crippen molar-refractivity contribution in [1.82, 2.24) is 19.7 Å². The molecule has 0 saturated carbocycles. The first-order valence-electron chi connectivity index (χ1n) is 8.67. The fourth-order valence-corrected chi connectivity index (χ4v) is 3.92. The summed E-state index contributed by atoms with van der Waals surface area (Å²) in [5.41, 5.74) is 0.796. The van der Waals surface area contributed by atoms with Gasteiger partial charge >= 0.3 is 0 Å². The Kier molecular flexibility index (Phi) is 4.88. The van der Waals surface area contributed by atoms with E-state index in [0.717, 1.165) is 17.2 Å². The maximum absolute atomic E-state index is 12.7. The van der Waals surface area contributed by atoms with Crippen molar-refractivity contribution in [2.24, 2.45) is 0 Å². The van der Waals surface area contributed by atoms with Crippen LogP contribution in [0.25, 0.3) is 0 Å². The molecule has 1 aliphatic heterocycles. The number of carbonyl (C=O) groups excluding carboxylic acids is 1. The van der Waals surface area contributed by atoms with Gasteiger partial charge in [-0.3, -0.25) is 4.79 Å². The van der Waals surface area contributed by atoms with E-state index < -0.39 is 9.84 Å². The molecule has 140 valence electrons. The molecule has 0 radical (unpaired) electrons. The van der Waals surface area contributed by atoms with E-state index >= 15 is 0 Å². The lowest BCUT2D eigenvalue weighted by Crippen LogP contribution is -2.41. The number of hydrogen-bond acceptors (Lipinski definition) is 5. The van der Waals surface area contributed by atoms with E-state index in [1.165, 1.54) is 6.26 Å². The van der Waals surface area contributed by atoms with E-state index in [1.807, 2.05) is 0 Å². The van der Waals surface area contributed by atoms with Gasteiger partial charge in [0, 0.05) is 18.7 Å². The van der Waals surface area contributed by atoms with E-state index in [4.69, 9.17) is 0 Å². The van der Waals surface area contributed by atoms with Gasteiger partial charge in [-0.25, -0.2) is 8.42 Å². The molecule has 1 aromatic heterocycles. The number of sulfone groups is 1. The van der Waals surface area contributed by atoms with Crippen LogP contribution in [0.3, 0.4) is 0 Å². The molecule has 2 aromatic rings. The van der Waals surface area contributed by atoms with Gasteiger partial charge in [0.25, 0.3) is 0 Å². The first kappa shape index (κ1) is 18.6. The van der Waals surface area contributed by atoms with Crippen LogP contribution in [0.5, 0.6) is 0 Å². The van der Waals surface area contributed by atoms with Crippen molar-refractivity contribution in [3.63, 3.8) is 0 Å². The number of amides is 1. The Balaban J connectivity index is 1.73. The average Bonchev–Trinajstić information content (AvgIpc) is 2.99. The van der Waals surface area contributed by atoms with Gasteiger partial charge in [0.1, 0.15) is 5.82 Å². The quantitative estimate of drug-likeness (QED) is 0.814. The van der Waals surface area contributed by atoms with Gasteiger partial charge in [0.2, 0.25) is 5.91 Å². The van der Waals surface area contributed by atoms with Crippen molar-refractivity contribution in [1.29, 1.82) is 0 Å². The number of benzene rings is 1. The number of hydrogen-bond donors (Lipinski definition) is 0. The third-order valence-corrected chi connectivity index (χ3v) is 5.75. The summed E-state index contributed by atoms with van der Waals surface area (Å²) < 4.78 is 25.2. The standard InChI is InChI=1S/C18H24N4O3S/c1-12(2)18-20-19-16-11-21(10-13(3)22(16)18)17(23)9-14-5-7-15(8-6-14)26(4,24)25/h5-8,12-13H,9-11H2,1-4H3/t13-/m0/s1. The van der Waals surface area contributed by atoms with E-state index in [-0.39, 0.29) is 29.2 Å². The van der Waals surface area contributed by atoms with E-state index in [1.54, 1.807) is 29.2 Å². The number of fused-ring (bicyclic) bond motifs is 1. The summed E-state index contributed by atoms with van der Waals surface area (Å²) in [4.78, 5) is 14.7. The average molecular weight is 376 g/mol. The maximum Gasteiger partial charge on any atom is 0.227 e. The van der Waals surface area contributed by atoms with E-state index in [2.05, 4.69) is 35.5 Å². The normalized spacial score (nSPS) is 17.4. The van der Waals surface area contributed by atoms with Gasteiger partial charge in [0.05, 0.1) is 23.9 Å². The van der Waals surface area contributed by atoms with Crippen LogP contribution in [0.2, 0.25) is 0 Å². The summed E-state index contributed by atoms with van der Waals surface area (Å²) >= 11 is 0. The molecular weight excluding hydrogens is 352 g/mol. The molecule has 0 spiro atoms. The van der Waals surface area contributed by atoms with Crippen LogP contribution in [0, 0.1) is 0 Å². The summed E-state index contributed by atoms with van der Waals surface area (Å²) in [6.45, 7) is 7.30. The molecule has 0 aliphatic carbocycles. The molecule has 1 amide bonds. The highest BCUT2D eigenvalue weighted by molar-refractivity contribution is 7.90. The van der Waals surface area contributed by atoms with Gasteiger partial charge in [-0.15, -0.1) is 10.2 Å². The minimum Gasteiger partial charge on any atom is -0.333 e. The molecule has 0 N–H and O–H groups in total. The number of nitrogens with zero attached hydrogens (tertiary/aromatic N) is 4. The predicted octanol–water partition coefficient (Wildman–Crippen LogP) is 1.95. The van der Waals surface area contributed by atoms with Gasteiger partial charge in [-0.05, 0) is 24.6 Å². The third kappa shape index (κ3) is 3.65. The molecule has 2 heterocycles. The zero-order valence-corrected chi connectivity index (χ0v) is 16.3. The lowest BCUT2D eigenvalue weighted by atomic mass is 10.1. The molecule has 1 aliphatic rings. The highest BCUT2D eigenvalue weighted by atomic mass is 32.2. The molecule has 7 nitrogen and oxygen atoms in total. The highest BCUT2D eigenvalue weighted by Gasteiger charge is 2.29. The second kappa shape index (κ2) is 6.83. The van der Waals surface area contributed by atoms with Crippen LogP contribution in [-0.4, -0.2) is 46.8 Å². The number of aromatic nitrogens is 3. The summed E-state index contributed by atoms with van der Waals surface area (Å²) in [6.07, 6.45) is 1.41. The van der Waals surface area contributed by atoms with Crippen molar-refractivity contribution in [2.45, 2.75) is 50.6 Å². The predicted molar refractivity (Wildman–Crippen MR) is 97.5 cm³/mol. The Bertz CT molecular complexity index is 916. The SMILES string of the molecule is CC(C)c1nnc2n1[C@@H](C)CN(C(=O)Cc1ccc(S(C)(=O)=O)cc1)C2. The van der Waals surface area contributed by atoms with Crippen LogP contribution in [0.4, 0.5) is 0 Å². The van der Waals surface area contributed by atoms with E-state index in [0.29, 0.717) is 13.1 Å². The fourth-order valence-electron chi connectivity index (χ4n) is 3.29. The molecule has 1 aromatic carbocycles. The van der Waals surface area contributed by atoms with Crippen molar-refractivity contribution >= 4 is 15.7 Å². The highest BCUT2D eigenvalue weighted by Crippen LogP contribution is 2.25. The lowest BCUT2D eigenvalue weighted by molar-refractivity contribution is -0.132. The van der Waals surface area contributed by atoms with Crippen LogP contribution in [0.15, 0.2) is 29.2 Å². The number of rotatable bonds is 4. The first-order chi connectivity index (χ1) is 12.2. The van der Waals surface area contributed by atoms with Crippen LogP contribution in [-0.2, 0) is 27.6 Å². The second-order valence-electron chi connectivity index (χ2n) is 7.22. The van der Waals surface area contributed by atoms with Crippen LogP contribution < -0.4 is 0 Å². The van der Waals surface area contributed by atoms with Gasteiger partial charge in [-0.2, -0.15) is 0 Å². The number of carbonyl (C=O) groups is 1. The summed E-state index contributed by atoms with van der Waals surface area (Å²) in [6, 6.07) is 6.61. The van der Waals surface area contributed by atoms with Crippen LogP contribution >= 0.6 is 0 Å². The molecule has 8 heteroatoms. The Hall–Kier alpha value is -2.22. The smallest absolute Gasteiger partial charge is 0.227 e. The third-order valence-electron chi connectivity index (χ3n) is 4.63. The Labute approximate surface area is 154 Å². The second-order valence-corrected chi connectivity index (χ2v) is 9.23. The van der Waals surface area contributed by atoms with Gasteiger partial charge in [0.15, 0.2) is 15.7 Å². The molecule has 3 rings (SSSR count). The minimum absolute atomic E-state index is 0.00398. The zero-order valence-electron chi connectivity index (χ0n) is 15.5. The molecular formula is C18H24N4O3S. The Morgan fingerprint density at radius 2 is 1.88 bits per heavy atom. The largest absolute Gasteiger partial charge is 0.333 e. The van der Waals surface area contributed by atoms with Crippen molar-refractivity contribution in [3.05, 3.63) is 41.5 Å². The summed E-state index contributed by atoms with van der Waals surface area (Å²) in [7, 11) is -3.23. The van der Waals surface area contributed by atoms with E-state index in [9.17, 15) is 13.2 Å². The van der Waals surface area contributed by atoms with Gasteiger partial charge in [-0.1, -0.05) is 26.0 Å². The molecule has 1 atom stereocenters. The first-order valence-corrected chi connectivity index (χ1v) is 10.6. The lowest BCUT2D eigenvalue weighted by Gasteiger charge is -2.33. The van der Waals surface area contributed by atoms with Gasteiger partial charge < -0.3 is 9.47 Å². The van der Waals surface area contributed by atoms with Crippen LogP contribution in [0.1, 0.15) is 49.9 Å². The summed E-state index contributed by atoms with van der Waals surface area (Å²) in [5.74, 6) is 2.06. The summed E-state index contributed by atoms with van der Waals surface area (Å²) in [5, 5.41) is 8.54. The maximum atomic E-state index is 12.7. The topological polar surface area (TPSA) is 85.2 Å². The molecule has 0 unspecified atom stereocenters. The molecule has 0 fully saturated rings. The van der Waals surface area contributed by atoms with Crippen molar-refractivity contribution < 1.29 is 13.2 Å². The molecule has 26 heavy (non-hydrogen) atoms. The monoisotopic (exact) mass is 376 g/mol. The Morgan fingerprint density at radius 1 is 1.23 bits per heavy atom. The van der Waals surface area contributed by atoms with Crippen molar-refractivity contribution in [3.8, 4) is 0 Å². The van der Waals surface area contributed by atoms with Crippen molar-refractivity contribution in [2.75, 3.05) is 12.8 Å². The molecule has 0 saturated heterocycles. The zero-order chi connectivity index (χ0) is 19.1. The fraction of sp³-hybridized carbons (Fsp3) is 0.500. The molecule has 0 bridgehead atoms. The Morgan fingerprint density at radius 3 is 2.46 bits per heavy atom.